The first-order valence-electron chi connectivity index (χ1n) is 8.91. The maximum Gasteiger partial charge on any atom is 0.411 e. The van der Waals surface area contributed by atoms with Gasteiger partial charge in [-0.05, 0) is 65.7 Å². The van der Waals surface area contributed by atoms with E-state index in [0.29, 0.717) is 29.2 Å². The van der Waals surface area contributed by atoms with E-state index in [0.717, 1.165) is 28.8 Å². The molecule has 2 aromatic carbocycles. The van der Waals surface area contributed by atoms with Gasteiger partial charge in [0.25, 0.3) is 5.91 Å². The number of carbonyl (C=O) groups is 2. The van der Waals surface area contributed by atoms with E-state index in [9.17, 15) is 14.7 Å². The second-order valence-corrected chi connectivity index (χ2v) is 7.56. The predicted octanol–water partition coefficient (Wildman–Crippen LogP) is 4.68. The molecule has 28 heavy (non-hydrogen) atoms. The Morgan fingerprint density at radius 2 is 2.00 bits per heavy atom. The number of amides is 2. The zero-order chi connectivity index (χ0) is 19.7. The Hall–Kier alpha value is -3.32. The number of nitrogen functional groups attached to an aromatic ring is 1. The number of nitrogens with zero attached hydrogens (tertiary/aromatic N) is 1. The van der Waals surface area contributed by atoms with E-state index >= 15 is 0 Å². The number of anilines is 3. The molecule has 0 saturated heterocycles. The normalized spacial score (nSPS) is 13.1. The average Bonchev–Trinajstić information content (AvgIpc) is 3.23. The van der Waals surface area contributed by atoms with Crippen molar-refractivity contribution in [1.82, 2.24) is 0 Å². The lowest BCUT2D eigenvalue weighted by molar-refractivity contribution is 0.102. The topological polar surface area (TPSA) is 95.7 Å². The van der Waals surface area contributed by atoms with Gasteiger partial charge in [0.2, 0.25) is 0 Å². The highest BCUT2D eigenvalue weighted by Gasteiger charge is 2.23. The van der Waals surface area contributed by atoms with E-state index in [2.05, 4.69) is 5.32 Å². The molecule has 0 fully saturated rings. The van der Waals surface area contributed by atoms with Crippen LogP contribution in [0.15, 0.2) is 53.9 Å². The number of carboxylic acid groups (broad SMARTS) is 1. The van der Waals surface area contributed by atoms with Crippen molar-refractivity contribution in [3.63, 3.8) is 0 Å². The van der Waals surface area contributed by atoms with Crippen molar-refractivity contribution in [2.75, 3.05) is 22.5 Å². The smallest absolute Gasteiger partial charge is 0.411 e. The van der Waals surface area contributed by atoms with Crippen LogP contribution in [0.25, 0.3) is 10.4 Å². The molecule has 6 nitrogen and oxygen atoms in total. The van der Waals surface area contributed by atoms with Crippen molar-refractivity contribution < 1.29 is 14.7 Å². The summed E-state index contributed by atoms with van der Waals surface area (Å²) in [6.07, 6.45) is 0.507. The Labute approximate surface area is 166 Å². The summed E-state index contributed by atoms with van der Waals surface area (Å²) in [5.41, 5.74) is 10.1. The number of thiophene rings is 1. The molecule has 0 radical (unpaired) electrons. The van der Waals surface area contributed by atoms with Gasteiger partial charge in [-0.15, -0.1) is 11.3 Å². The fourth-order valence-corrected chi connectivity index (χ4v) is 4.12. The largest absolute Gasteiger partial charge is 0.465 e. The van der Waals surface area contributed by atoms with Gasteiger partial charge in [0.15, 0.2) is 0 Å². The van der Waals surface area contributed by atoms with Crippen LogP contribution in [0.3, 0.4) is 0 Å². The van der Waals surface area contributed by atoms with Gasteiger partial charge >= 0.3 is 6.09 Å². The van der Waals surface area contributed by atoms with Crippen molar-refractivity contribution in [2.24, 2.45) is 0 Å². The molecule has 7 heteroatoms. The SMILES string of the molecule is Nc1ccc(-c2cccs2)cc1NC(=O)c1ccc2c(c1)CCCN2C(=O)O. The summed E-state index contributed by atoms with van der Waals surface area (Å²) >= 11 is 1.62. The average molecular weight is 393 g/mol. The molecular formula is C21H19N3O3S. The lowest BCUT2D eigenvalue weighted by atomic mass is 9.99. The van der Waals surface area contributed by atoms with Crippen molar-refractivity contribution in [3.05, 3.63) is 65.0 Å². The zero-order valence-electron chi connectivity index (χ0n) is 15.0. The standard InChI is InChI=1S/C21H19N3O3S/c22-16-7-5-14(19-4-2-10-28-19)12-17(16)23-20(25)15-6-8-18-13(11-15)3-1-9-24(18)21(26)27/h2,4-8,10-12H,1,3,9,22H2,(H,23,25)(H,26,27). The van der Waals surface area contributed by atoms with Crippen LogP contribution in [-0.4, -0.2) is 23.7 Å². The second kappa shape index (κ2) is 7.36. The van der Waals surface area contributed by atoms with Crippen molar-refractivity contribution >= 4 is 40.4 Å². The monoisotopic (exact) mass is 393 g/mol. The Bertz CT molecular complexity index is 1050. The summed E-state index contributed by atoms with van der Waals surface area (Å²) in [6, 6.07) is 14.7. The van der Waals surface area contributed by atoms with Crippen LogP contribution in [0, 0.1) is 0 Å². The lowest BCUT2D eigenvalue weighted by Crippen LogP contribution is -2.34. The van der Waals surface area contributed by atoms with Crippen LogP contribution < -0.4 is 16.0 Å². The van der Waals surface area contributed by atoms with E-state index in [1.54, 1.807) is 35.6 Å². The minimum Gasteiger partial charge on any atom is -0.465 e. The molecule has 142 valence electrons. The summed E-state index contributed by atoms with van der Waals surface area (Å²) in [6.45, 7) is 0.472. The molecular weight excluding hydrogens is 374 g/mol. The maximum atomic E-state index is 12.8. The summed E-state index contributed by atoms with van der Waals surface area (Å²) < 4.78 is 0. The first-order chi connectivity index (χ1) is 13.5. The number of hydrogen-bond acceptors (Lipinski definition) is 4. The van der Waals surface area contributed by atoms with E-state index < -0.39 is 6.09 Å². The van der Waals surface area contributed by atoms with Gasteiger partial charge in [-0.1, -0.05) is 12.1 Å². The van der Waals surface area contributed by atoms with Crippen molar-refractivity contribution in [2.45, 2.75) is 12.8 Å². The number of rotatable bonds is 3. The molecule has 2 amide bonds. The number of hydrogen-bond donors (Lipinski definition) is 3. The molecule has 0 saturated carbocycles. The highest BCUT2D eigenvalue weighted by atomic mass is 32.1. The number of nitrogens with two attached hydrogens (primary N) is 1. The minimum absolute atomic E-state index is 0.273. The number of fused-ring (bicyclic) bond motifs is 1. The highest BCUT2D eigenvalue weighted by molar-refractivity contribution is 7.13. The van der Waals surface area contributed by atoms with Crippen LogP contribution in [0.5, 0.6) is 0 Å². The van der Waals surface area contributed by atoms with Crippen molar-refractivity contribution in [3.8, 4) is 10.4 Å². The molecule has 0 spiro atoms. The quantitative estimate of drug-likeness (QED) is 0.563. The van der Waals surface area contributed by atoms with E-state index in [1.807, 2.05) is 29.6 Å². The number of benzene rings is 2. The fraction of sp³-hybridized carbons (Fsp3) is 0.143. The fourth-order valence-electron chi connectivity index (χ4n) is 3.39. The predicted molar refractivity (Wildman–Crippen MR) is 112 cm³/mol. The van der Waals surface area contributed by atoms with Crippen molar-refractivity contribution in [1.29, 1.82) is 0 Å². The van der Waals surface area contributed by atoms with Crippen LogP contribution in [0.2, 0.25) is 0 Å². The Balaban J connectivity index is 1.59. The number of aryl methyl sites for hydroxylation is 1. The van der Waals surface area contributed by atoms with Crippen LogP contribution in [-0.2, 0) is 6.42 Å². The van der Waals surface area contributed by atoms with Crippen LogP contribution in [0.1, 0.15) is 22.3 Å². The van der Waals surface area contributed by atoms with Gasteiger partial charge in [0.05, 0.1) is 17.1 Å². The Morgan fingerprint density at radius 3 is 2.75 bits per heavy atom. The Kier molecular flexibility index (Phi) is 4.75. The first kappa shape index (κ1) is 18.1. The number of carbonyl (C=O) groups excluding carboxylic acids is 1. The molecule has 0 bridgehead atoms. The summed E-state index contributed by atoms with van der Waals surface area (Å²) in [7, 11) is 0. The maximum absolute atomic E-state index is 12.8. The molecule has 4 N–H and O–H groups in total. The second-order valence-electron chi connectivity index (χ2n) is 6.61. The van der Waals surface area contributed by atoms with E-state index in [1.165, 1.54) is 4.90 Å². The molecule has 3 aromatic rings. The third kappa shape index (κ3) is 3.44. The molecule has 0 unspecified atom stereocenters. The minimum atomic E-state index is -0.976. The molecule has 1 aliphatic heterocycles. The van der Waals surface area contributed by atoms with E-state index in [-0.39, 0.29) is 5.91 Å². The van der Waals surface area contributed by atoms with Gasteiger partial charge in [-0.3, -0.25) is 9.69 Å². The van der Waals surface area contributed by atoms with Crippen LogP contribution in [0.4, 0.5) is 21.9 Å². The molecule has 1 aliphatic rings. The summed E-state index contributed by atoms with van der Waals surface area (Å²) in [5, 5.41) is 14.2. The first-order valence-corrected chi connectivity index (χ1v) is 9.79. The summed E-state index contributed by atoms with van der Waals surface area (Å²) in [5.74, 6) is -0.273. The highest BCUT2D eigenvalue weighted by Crippen LogP contribution is 2.31. The number of nitrogens with one attached hydrogen (secondary N) is 1. The Morgan fingerprint density at radius 1 is 1.14 bits per heavy atom. The molecule has 4 rings (SSSR count). The molecule has 0 aliphatic carbocycles. The van der Waals surface area contributed by atoms with Gasteiger partial charge in [-0.2, -0.15) is 0 Å². The molecule has 0 atom stereocenters. The van der Waals surface area contributed by atoms with Gasteiger partial charge in [-0.25, -0.2) is 4.79 Å². The van der Waals surface area contributed by atoms with Gasteiger partial charge in [0.1, 0.15) is 0 Å². The zero-order valence-corrected chi connectivity index (χ0v) is 15.8. The van der Waals surface area contributed by atoms with Crippen LogP contribution >= 0.6 is 11.3 Å². The van der Waals surface area contributed by atoms with Gasteiger partial charge in [0, 0.05) is 17.0 Å². The third-order valence-electron chi connectivity index (χ3n) is 4.80. The molecule has 1 aromatic heterocycles. The summed E-state index contributed by atoms with van der Waals surface area (Å²) in [4.78, 5) is 26.6. The van der Waals surface area contributed by atoms with Gasteiger partial charge < -0.3 is 16.2 Å². The molecule has 2 heterocycles. The lowest BCUT2D eigenvalue weighted by Gasteiger charge is -2.27. The third-order valence-corrected chi connectivity index (χ3v) is 5.72. The van der Waals surface area contributed by atoms with E-state index in [4.69, 9.17) is 5.73 Å².